The van der Waals surface area contributed by atoms with Crippen LogP contribution < -0.4 is 0 Å². The average Bonchev–Trinajstić information content (AvgIpc) is 3.29. The van der Waals surface area contributed by atoms with Crippen molar-refractivity contribution in [1.82, 2.24) is 24.2 Å². The molecule has 3 aromatic rings. The highest BCUT2D eigenvalue weighted by molar-refractivity contribution is 7.71. The maximum atomic E-state index is 5.76. The monoisotopic (exact) mass is 391 g/mol. The van der Waals surface area contributed by atoms with Gasteiger partial charge in [0.1, 0.15) is 0 Å². The van der Waals surface area contributed by atoms with Gasteiger partial charge in [-0.05, 0) is 55.2 Å². The van der Waals surface area contributed by atoms with Gasteiger partial charge in [-0.15, -0.1) is 6.58 Å². The van der Waals surface area contributed by atoms with Crippen molar-refractivity contribution in [3.8, 4) is 11.4 Å². The van der Waals surface area contributed by atoms with E-state index in [4.69, 9.17) is 17.3 Å². The largest absolute Gasteiger partial charge is 0.296 e. The molecule has 3 heterocycles. The van der Waals surface area contributed by atoms with Crippen molar-refractivity contribution in [2.24, 2.45) is 0 Å². The molecule has 0 amide bonds. The molecule has 0 aliphatic carbocycles. The van der Waals surface area contributed by atoms with Crippen LogP contribution in [0.25, 0.3) is 11.4 Å². The highest BCUT2D eigenvalue weighted by atomic mass is 32.1. The van der Waals surface area contributed by atoms with Crippen molar-refractivity contribution < 1.29 is 0 Å². The smallest absolute Gasteiger partial charge is 0.199 e. The molecular formula is C22H25N5S. The number of aryl methyl sites for hydroxylation is 1. The van der Waals surface area contributed by atoms with Gasteiger partial charge in [-0.1, -0.05) is 30.3 Å². The molecular weight excluding hydrogens is 366 g/mol. The summed E-state index contributed by atoms with van der Waals surface area (Å²) < 4.78 is 4.69. The fourth-order valence-corrected chi connectivity index (χ4v) is 4.28. The first-order chi connectivity index (χ1) is 13.7. The normalized spacial score (nSPS) is 17.1. The summed E-state index contributed by atoms with van der Waals surface area (Å²) in [5, 5.41) is 4.86. The molecule has 0 radical (unpaired) electrons. The number of benzene rings is 1. The van der Waals surface area contributed by atoms with Crippen LogP contribution in [0.15, 0.2) is 61.4 Å². The molecule has 0 N–H and O–H groups in total. The molecule has 0 bridgehead atoms. The van der Waals surface area contributed by atoms with E-state index in [0.717, 1.165) is 17.9 Å². The van der Waals surface area contributed by atoms with Gasteiger partial charge in [-0.3, -0.25) is 14.5 Å². The summed E-state index contributed by atoms with van der Waals surface area (Å²) in [7, 11) is 0. The first-order valence-electron chi connectivity index (χ1n) is 9.67. The van der Waals surface area contributed by atoms with Crippen LogP contribution in [-0.2, 0) is 13.2 Å². The van der Waals surface area contributed by atoms with E-state index >= 15 is 0 Å². The Morgan fingerprint density at radius 2 is 2.11 bits per heavy atom. The van der Waals surface area contributed by atoms with Gasteiger partial charge in [0.05, 0.1) is 6.67 Å². The van der Waals surface area contributed by atoms with Crippen LogP contribution in [0.5, 0.6) is 0 Å². The number of rotatable bonds is 6. The van der Waals surface area contributed by atoms with Crippen LogP contribution in [0.4, 0.5) is 0 Å². The van der Waals surface area contributed by atoms with Gasteiger partial charge >= 0.3 is 0 Å². The second kappa shape index (κ2) is 8.20. The Bertz CT molecular complexity index is 1020. The van der Waals surface area contributed by atoms with E-state index < -0.39 is 0 Å². The average molecular weight is 392 g/mol. The molecule has 1 aromatic carbocycles. The molecule has 5 nitrogen and oxygen atoms in total. The van der Waals surface area contributed by atoms with Crippen molar-refractivity contribution in [2.75, 3.05) is 6.54 Å². The summed E-state index contributed by atoms with van der Waals surface area (Å²) in [5.74, 6) is 0.838. The minimum Gasteiger partial charge on any atom is -0.296 e. The Hall–Kier alpha value is -2.57. The third-order valence-corrected chi connectivity index (χ3v) is 5.81. The first kappa shape index (κ1) is 18.8. The molecule has 0 spiro atoms. The van der Waals surface area contributed by atoms with Gasteiger partial charge < -0.3 is 0 Å². The summed E-state index contributed by atoms with van der Waals surface area (Å²) in [6.45, 7) is 8.44. The fraction of sp³-hybridized carbons (Fsp3) is 0.318. The maximum Gasteiger partial charge on any atom is 0.199 e. The van der Waals surface area contributed by atoms with Gasteiger partial charge in [0, 0.05) is 37.1 Å². The Kier molecular flexibility index (Phi) is 5.50. The van der Waals surface area contributed by atoms with E-state index in [2.05, 4.69) is 47.7 Å². The quantitative estimate of drug-likeness (QED) is 0.448. The summed E-state index contributed by atoms with van der Waals surface area (Å²) in [6.07, 6.45) is 7.81. The van der Waals surface area contributed by atoms with E-state index in [1.54, 1.807) is 6.20 Å². The number of hydrogen-bond acceptors (Lipinski definition) is 4. The lowest BCUT2D eigenvalue weighted by molar-refractivity contribution is 0.189. The zero-order valence-corrected chi connectivity index (χ0v) is 17.0. The number of aromatic nitrogens is 4. The van der Waals surface area contributed by atoms with Crippen LogP contribution in [0.1, 0.15) is 30.0 Å². The molecule has 1 fully saturated rings. The minimum absolute atomic E-state index is 0.412. The second-order valence-corrected chi connectivity index (χ2v) is 7.58. The third-order valence-electron chi connectivity index (χ3n) is 5.38. The molecule has 0 saturated carbocycles. The standard InChI is InChI=1S/C22H25N5S/c1-3-13-26-21(18-9-6-12-23-15-18)24-27(22(26)28)16-25-14-7-11-20(25)19-10-5-4-8-17(19)2/h3-6,8-10,12,15,20H,1,7,11,13-14,16H2,2H3. The zero-order valence-electron chi connectivity index (χ0n) is 16.2. The van der Waals surface area contributed by atoms with E-state index in [-0.39, 0.29) is 0 Å². The van der Waals surface area contributed by atoms with E-state index in [1.807, 2.05) is 33.7 Å². The predicted molar refractivity (Wildman–Crippen MR) is 114 cm³/mol. The lowest BCUT2D eigenvalue weighted by atomic mass is 10.00. The lowest BCUT2D eigenvalue weighted by Gasteiger charge is -2.25. The number of allylic oxidation sites excluding steroid dienone is 1. The fourth-order valence-electron chi connectivity index (χ4n) is 4.02. The highest BCUT2D eigenvalue weighted by Gasteiger charge is 2.28. The highest BCUT2D eigenvalue weighted by Crippen LogP contribution is 2.34. The number of pyridine rings is 1. The Morgan fingerprint density at radius 1 is 1.25 bits per heavy atom. The summed E-state index contributed by atoms with van der Waals surface area (Å²) in [6, 6.07) is 13.0. The summed E-state index contributed by atoms with van der Waals surface area (Å²) in [5.41, 5.74) is 3.71. The van der Waals surface area contributed by atoms with Crippen LogP contribution in [0.2, 0.25) is 0 Å². The molecule has 1 aliphatic heterocycles. The summed E-state index contributed by atoms with van der Waals surface area (Å²) >= 11 is 5.76. The predicted octanol–water partition coefficient (Wildman–Crippen LogP) is 4.77. The van der Waals surface area contributed by atoms with E-state index in [1.165, 1.54) is 24.0 Å². The van der Waals surface area contributed by atoms with Crippen LogP contribution in [0.3, 0.4) is 0 Å². The summed E-state index contributed by atoms with van der Waals surface area (Å²) in [4.78, 5) is 6.72. The molecule has 4 rings (SSSR count). The number of likely N-dealkylation sites (tertiary alicyclic amines) is 1. The number of hydrogen-bond donors (Lipinski definition) is 0. The Morgan fingerprint density at radius 3 is 2.86 bits per heavy atom. The molecule has 2 aromatic heterocycles. The van der Waals surface area contributed by atoms with Gasteiger partial charge in [0.15, 0.2) is 10.6 Å². The Balaban J connectivity index is 1.67. The third kappa shape index (κ3) is 3.57. The van der Waals surface area contributed by atoms with Crippen LogP contribution >= 0.6 is 12.2 Å². The minimum atomic E-state index is 0.412. The zero-order chi connectivity index (χ0) is 19.5. The number of nitrogens with zero attached hydrogens (tertiary/aromatic N) is 5. The Labute approximate surface area is 171 Å². The van der Waals surface area contributed by atoms with Crippen LogP contribution in [0, 0.1) is 11.7 Å². The van der Waals surface area contributed by atoms with Crippen molar-refractivity contribution in [3.63, 3.8) is 0 Å². The van der Waals surface area contributed by atoms with E-state index in [0.29, 0.717) is 24.0 Å². The first-order valence-corrected chi connectivity index (χ1v) is 10.1. The van der Waals surface area contributed by atoms with E-state index in [9.17, 15) is 0 Å². The van der Waals surface area contributed by atoms with Gasteiger partial charge in [0.25, 0.3) is 0 Å². The van der Waals surface area contributed by atoms with Crippen molar-refractivity contribution in [2.45, 2.75) is 39.0 Å². The van der Waals surface area contributed by atoms with Crippen molar-refractivity contribution in [3.05, 3.63) is 77.3 Å². The molecule has 28 heavy (non-hydrogen) atoms. The molecule has 1 unspecified atom stereocenters. The topological polar surface area (TPSA) is 38.9 Å². The maximum absolute atomic E-state index is 5.76. The van der Waals surface area contributed by atoms with Crippen molar-refractivity contribution in [1.29, 1.82) is 0 Å². The molecule has 1 aliphatic rings. The van der Waals surface area contributed by atoms with Gasteiger partial charge in [-0.25, -0.2) is 4.68 Å². The lowest BCUT2D eigenvalue weighted by Crippen LogP contribution is -2.27. The van der Waals surface area contributed by atoms with Crippen LogP contribution in [-0.4, -0.2) is 30.8 Å². The molecule has 1 saturated heterocycles. The molecule has 144 valence electrons. The van der Waals surface area contributed by atoms with Gasteiger partial charge in [-0.2, -0.15) is 5.10 Å². The van der Waals surface area contributed by atoms with Crippen molar-refractivity contribution >= 4 is 12.2 Å². The SMILES string of the molecule is C=CCn1c(-c2cccnc2)nn(CN2CCCC2c2ccccc2C)c1=S. The molecule has 6 heteroatoms. The molecule has 1 atom stereocenters. The van der Waals surface area contributed by atoms with Gasteiger partial charge in [0.2, 0.25) is 0 Å². The second-order valence-electron chi connectivity index (χ2n) is 7.22.